The molecule has 4 aromatic rings. The first-order valence-electron chi connectivity index (χ1n) is 11.8. The molecule has 0 spiro atoms. The molecule has 2 aromatic heterocycles. The zero-order valence-corrected chi connectivity index (χ0v) is 21.2. The third-order valence-corrected chi connectivity index (χ3v) is 6.30. The van der Waals surface area contributed by atoms with Crippen molar-refractivity contribution in [3.8, 4) is 11.5 Å². The van der Waals surface area contributed by atoms with Gasteiger partial charge in [0, 0.05) is 35.8 Å². The molecule has 0 aliphatic heterocycles. The second-order valence-corrected chi connectivity index (χ2v) is 8.59. The number of aromatic nitrogens is 2. The molecule has 188 valence electrons. The number of nitrogens with zero attached hydrogens (tertiary/aromatic N) is 1. The van der Waals surface area contributed by atoms with Gasteiger partial charge in [-0.3, -0.25) is 4.79 Å². The summed E-state index contributed by atoms with van der Waals surface area (Å²) in [6.45, 7) is 6.53. The Hall–Kier alpha value is -4.20. The summed E-state index contributed by atoms with van der Waals surface area (Å²) in [5.41, 5.74) is 5.16. The first-order valence-corrected chi connectivity index (χ1v) is 11.8. The summed E-state index contributed by atoms with van der Waals surface area (Å²) in [4.78, 5) is 34.4. The van der Waals surface area contributed by atoms with Gasteiger partial charge in [-0.1, -0.05) is 12.1 Å². The highest BCUT2D eigenvalue weighted by Crippen LogP contribution is 2.26. The first-order chi connectivity index (χ1) is 17.3. The lowest BCUT2D eigenvalue weighted by Crippen LogP contribution is -2.30. The lowest BCUT2D eigenvalue weighted by Gasteiger charge is -2.23. The molecule has 0 unspecified atom stereocenters. The molecule has 36 heavy (non-hydrogen) atoms. The number of hydrogen-bond donors (Lipinski definition) is 2. The largest absolute Gasteiger partial charge is 0.497 e. The van der Waals surface area contributed by atoms with Crippen LogP contribution in [0.3, 0.4) is 0 Å². The van der Waals surface area contributed by atoms with Gasteiger partial charge in [-0.15, -0.1) is 0 Å². The Balaban J connectivity index is 1.69. The fourth-order valence-corrected chi connectivity index (χ4v) is 4.29. The number of amides is 1. The summed E-state index contributed by atoms with van der Waals surface area (Å²) >= 11 is 0. The molecular weight excluding hydrogens is 458 g/mol. The van der Waals surface area contributed by atoms with Crippen LogP contribution in [0.15, 0.2) is 48.5 Å². The van der Waals surface area contributed by atoms with Crippen molar-refractivity contribution in [1.29, 1.82) is 0 Å². The number of ether oxygens (including phenoxy) is 3. The second kappa shape index (κ2) is 10.6. The Labute approximate surface area is 210 Å². The minimum absolute atomic E-state index is 0.154. The van der Waals surface area contributed by atoms with Crippen LogP contribution >= 0.6 is 0 Å². The lowest BCUT2D eigenvalue weighted by atomic mass is 10.1. The van der Waals surface area contributed by atoms with Crippen molar-refractivity contribution in [2.75, 3.05) is 20.8 Å². The molecule has 0 radical (unpaired) electrons. The average Bonchev–Trinajstić information content (AvgIpc) is 3.44. The first kappa shape index (κ1) is 24.9. The molecule has 4 rings (SSSR count). The van der Waals surface area contributed by atoms with Crippen LogP contribution in [0.2, 0.25) is 0 Å². The molecule has 0 aliphatic carbocycles. The predicted octanol–water partition coefficient (Wildman–Crippen LogP) is 5.15. The van der Waals surface area contributed by atoms with Gasteiger partial charge < -0.3 is 29.1 Å². The molecule has 0 bridgehead atoms. The third kappa shape index (κ3) is 5.07. The van der Waals surface area contributed by atoms with Gasteiger partial charge in [-0.05, 0) is 67.8 Å². The smallest absolute Gasteiger partial charge is 0.355 e. The zero-order valence-electron chi connectivity index (χ0n) is 21.2. The van der Waals surface area contributed by atoms with E-state index in [-0.39, 0.29) is 5.91 Å². The van der Waals surface area contributed by atoms with Crippen molar-refractivity contribution in [3.63, 3.8) is 0 Å². The topological polar surface area (TPSA) is 96.7 Å². The van der Waals surface area contributed by atoms with Gasteiger partial charge in [-0.25, -0.2) is 4.79 Å². The predicted molar refractivity (Wildman–Crippen MR) is 138 cm³/mol. The summed E-state index contributed by atoms with van der Waals surface area (Å²) < 4.78 is 15.8. The maximum atomic E-state index is 13.8. The number of carbonyl (C=O) groups excluding carboxylic acids is 2. The lowest BCUT2D eigenvalue weighted by molar-refractivity contribution is 0.0519. The van der Waals surface area contributed by atoms with Gasteiger partial charge in [0.15, 0.2) is 0 Å². The van der Waals surface area contributed by atoms with Gasteiger partial charge in [-0.2, -0.15) is 0 Å². The summed E-state index contributed by atoms with van der Waals surface area (Å²) in [5, 5.41) is 0.919. The van der Waals surface area contributed by atoms with E-state index in [1.807, 2.05) is 62.4 Å². The van der Waals surface area contributed by atoms with Gasteiger partial charge in [0.05, 0.1) is 20.8 Å². The number of carbonyl (C=O) groups is 2. The molecule has 0 aliphatic rings. The molecule has 1 amide bonds. The minimum atomic E-state index is -0.401. The van der Waals surface area contributed by atoms with Crippen molar-refractivity contribution in [2.45, 2.75) is 33.9 Å². The number of fused-ring (bicyclic) bond motifs is 1. The maximum absolute atomic E-state index is 13.8. The number of H-pyrrole nitrogens is 2. The molecule has 8 heteroatoms. The number of aromatic amines is 2. The number of nitrogens with one attached hydrogen (secondary N) is 2. The molecular formula is C28H31N3O5. The minimum Gasteiger partial charge on any atom is -0.497 e. The van der Waals surface area contributed by atoms with E-state index in [1.54, 1.807) is 26.0 Å². The molecule has 2 N–H and O–H groups in total. The van der Waals surface area contributed by atoms with Crippen LogP contribution < -0.4 is 9.47 Å². The number of esters is 1. The summed E-state index contributed by atoms with van der Waals surface area (Å²) in [6.07, 6.45) is 0. The fourth-order valence-electron chi connectivity index (χ4n) is 4.29. The summed E-state index contributed by atoms with van der Waals surface area (Å²) in [6, 6.07) is 15.1. The SMILES string of the molecule is CCOC(=O)c1[nH]c(C)c(CN(Cc2ccc(OC)cc2)C(=O)c2cc3ccc(OC)cc3[nH]2)c1C. The van der Waals surface area contributed by atoms with Crippen LogP contribution in [0, 0.1) is 13.8 Å². The molecule has 0 atom stereocenters. The third-order valence-electron chi connectivity index (χ3n) is 6.30. The van der Waals surface area contributed by atoms with Gasteiger partial charge in [0.25, 0.3) is 5.91 Å². The molecule has 8 nitrogen and oxygen atoms in total. The van der Waals surface area contributed by atoms with Crippen molar-refractivity contribution in [1.82, 2.24) is 14.9 Å². The van der Waals surface area contributed by atoms with Crippen molar-refractivity contribution < 1.29 is 23.8 Å². The highest BCUT2D eigenvalue weighted by Gasteiger charge is 2.24. The average molecular weight is 490 g/mol. The fraction of sp³-hybridized carbons (Fsp3) is 0.286. The zero-order chi connectivity index (χ0) is 25.8. The van der Waals surface area contributed by atoms with Gasteiger partial charge >= 0.3 is 5.97 Å². The van der Waals surface area contributed by atoms with Crippen molar-refractivity contribution >= 4 is 22.8 Å². The van der Waals surface area contributed by atoms with Crippen LogP contribution in [-0.4, -0.2) is 47.6 Å². The van der Waals surface area contributed by atoms with E-state index in [0.717, 1.165) is 39.0 Å². The number of benzene rings is 2. The van der Waals surface area contributed by atoms with E-state index in [1.165, 1.54) is 0 Å². The van der Waals surface area contributed by atoms with Gasteiger partial charge in [0.2, 0.25) is 0 Å². The number of methoxy groups -OCH3 is 2. The number of hydrogen-bond acceptors (Lipinski definition) is 5. The van der Waals surface area contributed by atoms with E-state index >= 15 is 0 Å². The van der Waals surface area contributed by atoms with Crippen LogP contribution in [0.5, 0.6) is 11.5 Å². The molecule has 0 saturated carbocycles. The van der Waals surface area contributed by atoms with Crippen LogP contribution in [0.4, 0.5) is 0 Å². The molecule has 0 fully saturated rings. The second-order valence-electron chi connectivity index (χ2n) is 8.59. The van der Waals surface area contributed by atoms with Gasteiger partial charge in [0.1, 0.15) is 22.9 Å². The van der Waals surface area contributed by atoms with E-state index in [9.17, 15) is 9.59 Å². The highest BCUT2D eigenvalue weighted by atomic mass is 16.5. The Morgan fingerprint density at radius 3 is 2.25 bits per heavy atom. The molecule has 0 saturated heterocycles. The highest BCUT2D eigenvalue weighted by molar-refractivity contribution is 5.98. The number of rotatable bonds is 9. The Morgan fingerprint density at radius 1 is 0.889 bits per heavy atom. The monoisotopic (exact) mass is 489 g/mol. The standard InChI is InChI=1S/C28H31N3O5/c1-6-36-28(33)26-17(2)23(18(3)29-26)16-31(15-19-7-10-21(34-4)11-8-19)27(32)25-13-20-9-12-22(35-5)14-24(20)30-25/h7-14,29-30H,6,15-16H2,1-5H3. The van der Waals surface area contributed by atoms with Crippen molar-refractivity contribution in [3.05, 3.63) is 82.3 Å². The summed E-state index contributed by atoms with van der Waals surface area (Å²) in [5.74, 6) is 0.904. The maximum Gasteiger partial charge on any atom is 0.355 e. The summed E-state index contributed by atoms with van der Waals surface area (Å²) in [7, 11) is 3.23. The van der Waals surface area contributed by atoms with Crippen LogP contribution in [0.25, 0.3) is 10.9 Å². The Morgan fingerprint density at radius 2 is 1.58 bits per heavy atom. The Kier molecular flexibility index (Phi) is 7.33. The van der Waals surface area contributed by atoms with Crippen LogP contribution in [0.1, 0.15) is 50.3 Å². The van der Waals surface area contributed by atoms with Crippen LogP contribution in [-0.2, 0) is 17.8 Å². The normalized spacial score (nSPS) is 10.9. The van der Waals surface area contributed by atoms with E-state index in [0.29, 0.717) is 36.8 Å². The molecule has 2 heterocycles. The Bertz CT molecular complexity index is 1380. The number of aryl methyl sites for hydroxylation is 1. The molecule has 2 aromatic carbocycles. The van der Waals surface area contributed by atoms with Crippen molar-refractivity contribution in [2.24, 2.45) is 0 Å². The van der Waals surface area contributed by atoms with E-state index < -0.39 is 5.97 Å². The quantitative estimate of drug-likeness (QED) is 0.317. The van der Waals surface area contributed by atoms with E-state index in [4.69, 9.17) is 14.2 Å². The van der Waals surface area contributed by atoms with E-state index in [2.05, 4.69) is 9.97 Å².